The first-order valence-electron chi connectivity index (χ1n) is 12.8. The molecule has 0 radical (unpaired) electrons. The maximum absolute atomic E-state index is 12.7. The van der Waals surface area contributed by atoms with Crippen molar-refractivity contribution >= 4 is 39.1 Å². The summed E-state index contributed by atoms with van der Waals surface area (Å²) in [5, 5.41) is 1.14. The molecular formula is C25H36Cl2N4O3S. The number of benzene rings is 1. The van der Waals surface area contributed by atoms with Crippen LogP contribution in [0.25, 0.3) is 0 Å². The Labute approximate surface area is 219 Å². The molecule has 0 spiro atoms. The molecule has 35 heavy (non-hydrogen) atoms. The third-order valence-corrected chi connectivity index (χ3v) is 10.5. The lowest BCUT2D eigenvalue weighted by Gasteiger charge is -2.50. The van der Waals surface area contributed by atoms with Crippen LogP contribution in [-0.2, 0) is 20.2 Å². The molecule has 1 aliphatic carbocycles. The summed E-state index contributed by atoms with van der Waals surface area (Å²) in [5.74, 6) is 0.952. The van der Waals surface area contributed by atoms with Gasteiger partial charge in [-0.3, -0.25) is 9.69 Å². The fourth-order valence-corrected chi connectivity index (χ4v) is 7.08. The van der Waals surface area contributed by atoms with E-state index in [9.17, 15) is 13.2 Å². The van der Waals surface area contributed by atoms with E-state index < -0.39 is 10.0 Å². The Hall–Kier alpha value is -0.900. The van der Waals surface area contributed by atoms with Crippen LogP contribution in [0, 0.1) is 5.92 Å². The molecule has 1 amide bonds. The van der Waals surface area contributed by atoms with Gasteiger partial charge in [-0.05, 0) is 55.8 Å². The number of piperazine rings is 1. The minimum absolute atomic E-state index is 0.108. The maximum atomic E-state index is 12.7. The van der Waals surface area contributed by atoms with Gasteiger partial charge in [0.1, 0.15) is 0 Å². The van der Waals surface area contributed by atoms with E-state index in [1.54, 1.807) is 4.31 Å². The molecule has 0 unspecified atom stereocenters. The highest BCUT2D eigenvalue weighted by atomic mass is 35.5. The van der Waals surface area contributed by atoms with Gasteiger partial charge in [0.2, 0.25) is 15.9 Å². The molecule has 0 N–H and O–H groups in total. The van der Waals surface area contributed by atoms with Gasteiger partial charge in [-0.1, -0.05) is 29.3 Å². The average molecular weight is 544 g/mol. The van der Waals surface area contributed by atoms with Gasteiger partial charge >= 0.3 is 0 Å². The molecule has 3 saturated heterocycles. The van der Waals surface area contributed by atoms with E-state index in [1.807, 2.05) is 12.1 Å². The van der Waals surface area contributed by atoms with E-state index in [0.29, 0.717) is 41.5 Å². The second-order valence-electron chi connectivity index (χ2n) is 11.0. The number of hydrogen-bond acceptors (Lipinski definition) is 5. The molecule has 5 rings (SSSR count). The van der Waals surface area contributed by atoms with E-state index in [4.69, 9.17) is 23.2 Å². The molecule has 1 aromatic carbocycles. The Morgan fingerprint density at radius 3 is 2.40 bits per heavy atom. The molecule has 1 saturated carbocycles. The molecule has 194 valence electrons. The Bertz CT molecular complexity index is 1050. The number of sulfonamides is 1. The Balaban J connectivity index is 1.21. The van der Waals surface area contributed by atoms with Gasteiger partial charge in [0.25, 0.3) is 0 Å². The normalized spacial score (nSPS) is 27.9. The summed E-state index contributed by atoms with van der Waals surface area (Å²) in [5.41, 5.74) is 1.08. The Kier molecular flexibility index (Phi) is 7.43. The van der Waals surface area contributed by atoms with Crippen molar-refractivity contribution < 1.29 is 13.2 Å². The van der Waals surface area contributed by atoms with Crippen molar-refractivity contribution in [2.24, 2.45) is 5.92 Å². The van der Waals surface area contributed by atoms with Crippen LogP contribution >= 0.6 is 23.2 Å². The summed E-state index contributed by atoms with van der Waals surface area (Å²) in [6.45, 7) is 7.42. The van der Waals surface area contributed by atoms with Gasteiger partial charge in [0.15, 0.2) is 0 Å². The monoisotopic (exact) mass is 542 g/mol. The molecule has 3 heterocycles. The number of carbonyl (C=O) groups excluding carboxylic acids is 1. The first-order valence-corrected chi connectivity index (χ1v) is 15.4. The van der Waals surface area contributed by atoms with Crippen LogP contribution in [0.1, 0.15) is 37.7 Å². The van der Waals surface area contributed by atoms with Crippen molar-refractivity contribution in [3.05, 3.63) is 33.8 Å². The molecule has 0 aromatic heterocycles. The zero-order valence-electron chi connectivity index (χ0n) is 20.5. The molecule has 0 bridgehead atoms. The molecular weight excluding hydrogens is 507 g/mol. The standard InChI is InChI=1S/C25H36Cl2N4O3S/c1-35(33,34)31-12-10-29(11-13-31)21-16-28(17-21)9-8-25(20-4-5-22(26)23(27)14-20)7-6-24(32)30(18-25)15-19-2-3-19/h4-5,14,19,21H,2-3,6-13,15-18H2,1H3/t25-/m1/s1. The smallest absolute Gasteiger partial charge is 0.222 e. The number of carbonyl (C=O) groups is 1. The van der Waals surface area contributed by atoms with Crippen molar-refractivity contribution in [3.8, 4) is 0 Å². The summed E-state index contributed by atoms with van der Waals surface area (Å²) in [6, 6.07) is 6.49. The van der Waals surface area contributed by atoms with Crippen LogP contribution in [0.15, 0.2) is 18.2 Å². The van der Waals surface area contributed by atoms with Crippen LogP contribution < -0.4 is 0 Å². The predicted molar refractivity (Wildman–Crippen MR) is 140 cm³/mol. The summed E-state index contributed by atoms with van der Waals surface area (Å²) >= 11 is 12.7. The van der Waals surface area contributed by atoms with Crippen molar-refractivity contribution in [1.82, 2.24) is 19.0 Å². The van der Waals surface area contributed by atoms with Crippen LogP contribution in [0.5, 0.6) is 0 Å². The van der Waals surface area contributed by atoms with E-state index >= 15 is 0 Å². The molecule has 1 aromatic rings. The fraction of sp³-hybridized carbons (Fsp3) is 0.720. The second kappa shape index (κ2) is 10.1. The molecule has 7 nitrogen and oxygen atoms in total. The van der Waals surface area contributed by atoms with Crippen molar-refractivity contribution in [2.45, 2.75) is 43.6 Å². The van der Waals surface area contributed by atoms with Gasteiger partial charge in [-0.15, -0.1) is 0 Å². The molecule has 3 aliphatic heterocycles. The Morgan fingerprint density at radius 1 is 1.06 bits per heavy atom. The van der Waals surface area contributed by atoms with Crippen LogP contribution in [0.4, 0.5) is 0 Å². The first kappa shape index (κ1) is 25.7. The number of rotatable bonds is 8. The minimum Gasteiger partial charge on any atom is -0.342 e. The third-order valence-electron chi connectivity index (χ3n) is 8.47. The van der Waals surface area contributed by atoms with Crippen molar-refractivity contribution in [3.63, 3.8) is 0 Å². The number of likely N-dealkylation sites (tertiary alicyclic amines) is 2. The van der Waals surface area contributed by atoms with E-state index in [2.05, 4.69) is 20.8 Å². The number of amides is 1. The number of hydrogen-bond donors (Lipinski definition) is 0. The number of halogens is 2. The number of piperidine rings is 1. The first-order chi connectivity index (χ1) is 16.6. The van der Waals surface area contributed by atoms with Crippen molar-refractivity contribution in [1.29, 1.82) is 0 Å². The van der Waals surface area contributed by atoms with Crippen LogP contribution in [0.2, 0.25) is 10.0 Å². The lowest BCUT2D eigenvalue weighted by molar-refractivity contribution is -0.136. The van der Waals surface area contributed by atoms with Crippen LogP contribution in [0.3, 0.4) is 0 Å². The van der Waals surface area contributed by atoms with Gasteiger partial charge < -0.3 is 9.80 Å². The highest BCUT2D eigenvalue weighted by molar-refractivity contribution is 7.88. The predicted octanol–water partition coefficient (Wildman–Crippen LogP) is 2.92. The van der Waals surface area contributed by atoms with E-state index in [1.165, 1.54) is 24.7 Å². The van der Waals surface area contributed by atoms with Gasteiger partial charge in [-0.2, -0.15) is 4.31 Å². The zero-order chi connectivity index (χ0) is 24.8. The minimum atomic E-state index is -3.10. The summed E-state index contributed by atoms with van der Waals surface area (Å²) in [4.78, 5) is 19.8. The number of nitrogens with zero attached hydrogens (tertiary/aromatic N) is 4. The lowest BCUT2D eigenvalue weighted by Crippen LogP contribution is -2.63. The fourth-order valence-electron chi connectivity index (χ4n) is 5.95. The summed E-state index contributed by atoms with van der Waals surface area (Å²) in [6.07, 6.45) is 6.17. The quantitative estimate of drug-likeness (QED) is 0.505. The van der Waals surface area contributed by atoms with Gasteiger partial charge in [0.05, 0.1) is 16.3 Å². The molecule has 10 heteroatoms. The van der Waals surface area contributed by atoms with Crippen LogP contribution in [-0.4, -0.2) is 105 Å². The highest BCUT2D eigenvalue weighted by Crippen LogP contribution is 2.42. The highest BCUT2D eigenvalue weighted by Gasteiger charge is 2.43. The van der Waals surface area contributed by atoms with E-state index in [0.717, 1.165) is 58.7 Å². The third kappa shape index (κ3) is 5.83. The van der Waals surface area contributed by atoms with Crippen molar-refractivity contribution in [2.75, 3.05) is 65.2 Å². The maximum Gasteiger partial charge on any atom is 0.222 e. The summed E-state index contributed by atoms with van der Waals surface area (Å²) in [7, 11) is -3.10. The van der Waals surface area contributed by atoms with E-state index in [-0.39, 0.29) is 11.3 Å². The largest absolute Gasteiger partial charge is 0.342 e. The van der Waals surface area contributed by atoms with Gasteiger partial charge in [-0.25, -0.2) is 8.42 Å². The lowest BCUT2D eigenvalue weighted by atomic mass is 9.71. The molecule has 4 aliphatic rings. The Morgan fingerprint density at radius 2 is 1.77 bits per heavy atom. The molecule has 1 atom stereocenters. The van der Waals surface area contributed by atoms with Gasteiger partial charge in [0, 0.05) is 70.2 Å². The zero-order valence-corrected chi connectivity index (χ0v) is 22.8. The SMILES string of the molecule is CS(=O)(=O)N1CCN(C2CN(CC[C@]3(c4ccc(Cl)c(Cl)c4)CCC(=O)N(CC4CC4)C3)C2)CC1. The second-order valence-corrected chi connectivity index (χ2v) is 13.8. The molecule has 4 fully saturated rings. The summed E-state index contributed by atoms with van der Waals surface area (Å²) < 4.78 is 25.2. The average Bonchev–Trinajstić information content (AvgIpc) is 3.60. The topological polar surface area (TPSA) is 64.2 Å².